The van der Waals surface area contributed by atoms with Gasteiger partial charge in [0.25, 0.3) is 0 Å². The van der Waals surface area contributed by atoms with Gasteiger partial charge in [0.15, 0.2) is 5.82 Å². The fraction of sp³-hybridized carbons (Fsp3) is 0.227. The number of nitrogens with one attached hydrogen (secondary N) is 1. The summed E-state index contributed by atoms with van der Waals surface area (Å²) in [7, 11) is 0. The maximum absolute atomic E-state index is 14.2. The van der Waals surface area contributed by atoms with E-state index in [1.165, 1.54) is 0 Å². The van der Waals surface area contributed by atoms with E-state index in [1.54, 1.807) is 23.1 Å². The average molecular weight is 722 g/mol. The Bertz CT molecular complexity index is 2210. The lowest BCUT2D eigenvalue weighted by atomic mass is 9.77. The van der Waals surface area contributed by atoms with Crippen LogP contribution in [0.3, 0.4) is 0 Å². The molecule has 1 aliphatic rings. The number of aromatic nitrogens is 2. The summed E-state index contributed by atoms with van der Waals surface area (Å²) < 4.78 is 7.64. The molecular weight excluding hydrogens is 682 g/mol. The molecule has 5 aromatic carbocycles. The van der Waals surface area contributed by atoms with Crippen LogP contribution < -0.4 is 5.32 Å². The number of carbonyl (C=O) groups is 2. The summed E-state index contributed by atoms with van der Waals surface area (Å²) >= 11 is 6.72. The highest BCUT2D eigenvalue weighted by molar-refractivity contribution is 6.33. The molecule has 0 saturated carbocycles. The van der Waals surface area contributed by atoms with Crippen LogP contribution in [0.5, 0.6) is 0 Å². The van der Waals surface area contributed by atoms with Crippen LogP contribution in [0.25, 0.3) is 22.0 Å². The van der Waals surface area contributed by atoms with E-state index >= 15 is 0 Å². The van der Waals surface area contributed by atoms with Gasteiger partial charge in [0, 0.05) is 29.1 Å². The number of likely N-dealkylation sites (tertiary alicyclic amines) is 1. The molecule has 0 spiro atoms. The van der Waals surface area contributed by atoms with E-state index in [9.17, 15) is 14.9 Å². The fourth-order valence-corrected chi connectivity index (χ4v) is 7.48. The number of halogens is 1. The summed E-state index contributed by atoms with van der Waals surface area (Å²) in [5, 5.41) is 19.4. The Balaban J connectivity index is 1.42. The molecule has 1 aromatic heterocycles. The van der Waals surface area contributed by atoms with Gasteiger partial charge in [0.2, 0.25) is 5.91 Å². The summed E-state index contributed by atoms with van der Waals surface area (Å²) in [5.41, 5.74) is 4.06. The average Bonchev–Trinajstić information content (AvgIpc) is 3.53. The molecule has 2 amide bonds. The maximum Gasteiger partial charge on any atom is 0.410 e. The van der Waals surface area contributed by atoms with Crippen molar-refractivity contribution in [2.75, 3.05) is 18.4 Å². The van der Waals surface area contributed by atoms with Gasteiger partial charge in [0.05, 0.1) is 23.1 Å². The normalized spacial score (nSPS) is 14.8. The quantitative estimate of drug-likeness (QED) is 0.166. The van der Waals surface area contributed by atoms with Gasteiger partial charge in [-0.2, -0.15) is 10.4 Å². The Kier molecular flexibility index (Phi) is 9.78. The number of nitriles is 1. The standard InChI is InChI=1S/C44H40ClN5O3/c1-43(2,3)53-42(52)49-25-13-14-32(29-49)41(51)47-40-37-27-31(36-26-30(28-46)21-23-38(36)45)22-24-39(37)50(48-40)44(33-15-7-4-8-16-33,34-17-9-5-10-18-34)35-19-11-6-12-20-35/h4-12,15-24,26-27,32H,13-14,25,29H2,1-3H3,(H,47,48,51)/t32-/m1/s1. The minimum atomic E-state index is -0.955. The summed E-state index contributed by atoms with van der Waals surface area (Å²) in [6.45, 7) is 6.26. The molecule has 6 aromatic rings. The number of benzene rings is 5. The monoisotopic (exact) mass is 721 g/mol. The maximum atomic E-state index is 14.2. The van der Waals surface area contributed by atoms with Crippen LogP contribution in [0.2, 0.25) is 5.02 Å². The van der Waals surface area contributed by atoms with Gasteiger partial charge in [-0.1, -0.05) is 109 Å². The molecular formula is C44H40ClN5O3. The largest absolute Gasteiger partial charge is 0.444 e. The summed E-state index contributed by atoms with van der Waals surface area (Å²) in [5.74, 6) is -0.325. The third-order valence-electron chi connectivity index (χ3n) is 9.66. The van der Waals surface area contributed by atoms with E-state index in [0.717, 1.165) is 27.8 Å². The van der Waals surface area contributed by atoms with Crippen LogP contribution >= 0.6 is 11.6 Å². The molecule has 266 valence electrons. The van der Waals surface area contributed by atoms with E-state index in [1.807, 2.05) is 98.2 Å². The predicted octanol–water partition coefficient (Wildman–Crippen LogP) is 9.65. The minimum absolute atomic E-state index is 0.232. The van der Waals surface area contributed by atoms with Gasteiger partial charge >= 0.3 is 6.09 Å². The van der Waals surface area contributed by atoms with Crippen molar-refractivity contribution in [3.05, 3.63) is 155 Å². The lowest BCUT2D eigenvalue weighted by molar-refractivity contribution is -0.121. The molecule has 1 atom stereocenters. The number of hydrogen-bond donors (Lipinski definition) is 1. The van der Waals surface area contributed by atoms with Crippen molar-refractivity contribution in [3.8, 4) is 17.2 Å². The second-order valence-corrected chi connectivity index (χ2v) is 14.8. The lowest BCUT2D eigenvalue weighted by Crippen LogP contribution is -2.45. The van der Waals surface area contributed by atoms with E-state index in [0.29, 0.717) is 46.7 Å². The highest BCUT2D eigenvalue weighted by Gasteiger charge is 2.41. The van der Waals surface area contributed by atoms with Crippen LogP contribution in [0.15, 0.2) is 127 Å². The lowest BCUT2D eigenvalue weighted by Gasteiger charge is -2.37. The molecule has 2 heterocycles. The van der Waals surface area contributed by atoms with Gasteiger partial charge in [0.1, 0.15) is 11.1 Å². The van der Waals surface area contributed by atoms with Crippen molar-refractivity contribution >= 4 is 40.3 Å². The highest BCUT2D eigenvalue weighted by atomic mass is 35.5. The smallest absolute Gasteiger partial charge is 0.410 e. The first-order valence-electron chi connectivity index (χ1n) is 17.8. The molecule has 0 aliphatic carbocycles. The van der Waals surface area contributed by atoms with Crippen molar-refractivity contribution in [1.82, 2.24) is 14.7 Å². The Labute approximate surface area is 314 Å². The third-order valence-corrected chi connectivity index (χ3v) is 9.99. The zero-order chi connectivity index (χ0) is 37.2. The van der Waals surface area contributed by atoms with E-state index in [4.69, 9.17) is 21.4 Å². The van der Waals surface area contributed by atoms with Crippen LogP contribution in [-0.4, -0.2) is 45.4 Å². The second kappa shape index (κ2) is 14.6. The summed E-state index contributed by atoms with van der Waals surface area (Å²) in [4.78, 5) is 28.8. The van der Waals surface area contributed by atoms with Crippen molar-refractivity contribution < 1.29 is 14.3 Å². The first-order valence-corrected chi connectivity index (χ1v) is 18.1. The Morgan fingerprint density at radius 2 is 1.45 bits per heavy atom. The zero-order valence-corrected chi connectivity index (χ0v) is 30.7. The van der Waals surface area contributed by atoms with Gasteiger partial charge in [-0.05, 0) is 86.2 Å². The van der Waals surface area contributed by atoms with Gasteiger partial charge in [-0.15, -0.1) is 0 Å². The molecule has 1 aliphatic heterocycles. The second-order valence-electron chi connectivity index (χ2n) is 14.4. The van der Waals surface area contributed by atoms with Crippen molar-refractivity contribution in [1.29, 1.82) is 5.26 Å². The minimum Gasteiger partial charge on any atom is -0.444 e. The number of rotatable bonds is 7. The van der Waals surface area contributed by atoms with Gasteiger partial charge < -0.3 is 15.0 Å². The Hall–Kier alpha value is -5.91. The topological polar surface area (TPSA) is 100 Å². The van der Waals surface area contributed by atoms with E-state index in [2.05, 4.69) is 47.8 Å². The number of fused-ring (bicyclic) bond motifs is 1. The van der Waals surface area contributed by atoms with Crippen molar-refractivity contribution in [2.24, 2.45) is 5.92 Å². The molecule has 1 saturated heterocycles. The number of nitrogens with zero attached hydrogens (tertiary/aromatic N) is 4. The molecule has 0 radical (unpaired) electrons. The van der Waals surface area contributed by atoms with Crippen molar-refractivity contribution in [3.63, 3.8) is 0 Å². The first kappa shape index (κ1) is 35.5. The fourth-order valence-electron chi connectivity index (χ4n) is 7.26. The molecule has 7 rings (SSSR count). The summed E-state index contributed by atoms with van der Waals surface area (Å²) in [6.07, 6.45) is 0.862. The third kappa shape index (κ3) is 7.01. The number of amides is 2. The molecule has 9 heteroatoms. The number of ether oxygens (including phenoxy) is 1. The van der Waals surface area contributed by atoms with Crippen LogP contribution in [0.1, 0.15) is 55.9 Å². The summed E-state index contributed by atoms with van der Waals surface area (Å²) in [6, 6.07) is 44.0. The number of carbonyl (C=O) groups excluding carboxylic acids is 2. The van der Waals surface area contributed by atoms with E-state index in [-0.39, 0.29) is 12.5 Å². The molecule has 1 N–H and O–H groups in total. The first-order chi connectivity index (χ1) is 25.6. The van der Waals surface area contributed by atoms with Gasteiger partial charge in [-0.3, -0.25) is 4.79 Å². The van der Waals surface area contributed by atoms with Crippen LogP contribution in [0, 0.1) is 17.2 Å². The Morgan fingerprint density at radius 3 is 2.02 bits per heavy atom. The molecule has 0 unspecified atom stereocenters. The zero-order valence-electron chi connectivity index (χ0n) is 29.9. The molecule has 8 nitrogen and oxygen atoms in total. The predicted molar refractivity (Wildman–Crippen MR) is 209 cm³/mol. The van der Waals surface area contributed by atoms with E-state index < -0.39 is 23.2 Å². The molecule has 1 fully saturated rings. The Morgan fingerprint density at radius 1 is 0.849 bits per heavy atom. The van der Waals surface area contributed by atoms with Crippen LogP contribution in [-0.2, 0) is 15.1 Å². The SMILES string of the molecule is CC(C)(C)OC(=O)N1CCC[C@@H](C(=O)Nc2nn(C(c3ccccc3)(c3ccccc3)c3ccccc3)c3ccc(-c4cc(C#N)ccc4Cl)cc23)C1. The number of hydrogen-bond acceptors (Lipinski definition) is 5. The van der Waals surface area contributed by atoms with Crippen molar-refractivity contribution in [2.45, 2.75) is 44.8 Å². The van der Waals surface area contributed by atoms with Gasteiger partial charge in [-0.25, -0.2) is 9.48 Å². The molecule has 53 heavy (non-hydrogen) atoms. The number of piperidine rings is 1. The van der Waals surface area contributed by atoms with Crippen LogP contribution in [0.4, 0.5) is 10.6 Å². The number of anilines is 1. The molecule has 0 bridgehead atoms. The highest BCUT2D eigenvalue weighted by Crippen LogP contribution is 2.44.